The van der Waals surface area contributed by atoms with E-state index in [0.29, 0.717) is 24.9 Å². The summed E-state index contributed by atoms with van der Waals surface area (Å²) in [7, 11) is 0. The molecule has 1 saturated heterocycles. The van der Waals surface area contributed by atoms with Gasteiger partial charge in [-0.15, -0.1) is 0 Å². The third-order valence-electron chi connectivity index (χ3n) is 6.64. The molecule has 0 atom stereocenters. The molecule has 0 radical (unpaired) electrons. The summed E-state index contributed by atoms with van der Waals surface area (Å²) in [4.78, 5) is 27.0. The summed E-state index contributed by atoms with van der Waals surface area (Å²) < 4.78 is 11.5. The van der Waals surface area contributed by atoms with Gasteiger partial charge >= 0.3 is 6.03 Å². The normalized spacial score (nSPS) is 17.6. The van der Waals surface area contributed by atoms with Crippen LogP contribution in [0.25, 0.3) is 0 Å². The summed E-state index contributed by atoms with van der Waals surface area (Å²) >= 11 is 0. The van der Waals surface area contributed by atoms with Crippen LogP contribution in [0.3, 0.4) is 0 Å². The summed E-state index contributed by atoms with van der Waals surface area (Å²) in [6, 6.07) is 9.87. The maximum absolute atomic E-state index is 12.6. The van der Waals surface area contributed by atoms with Crippen LogP contribution in [0.2, 0.25) is 0 Å². The Hall–Kier alpha value is -2.96. The number of hydrogen-bond donors (Lipinski definition) is 2. The Bertz CT molecular complexity index is 956. The van der Waals surface area contributed by atoms with Crippen LogP contribution in [0.4, 0.5) is 4.79 Å². The number of piperidine rings is 1. The first-order valence-corrected chi connectivity index (χ1v) is 12.1. The maximum Gasteiger partial charge on any atom is 0.317 e. The van der Waals surface area contributed by atoms with Crippen LogP contribution in [0.1, 0.15) is 72.4 Å². The van der Waals surface area contributed by atoms with Crippen LogP contribution in [0, 0.1) is 13.8 Å². The molecular weight excluding hydrogens is 418 g/mol. The molecule has 4 rings (SSSR count). The quantitative estimate of drug-likeness (QED) is 0.663. The molecular formula is C26H35N3O4. The number of ether oxygens (including phenoxy) is 1. The highest BCUT2D eigenvalue weighted by atomic mass is 16.5. The number of nitrogens with zero attached hydrogens (tertiary/aromatic N) is 1. The van der Waals surface area contributed by atoms with Crippen LogP contribution in [0.15, 0.2) is 34.7 Å². The first-order chi connectivity index (χ1) is 16.0. The van der Waals surface area contributed by atoms with Gasteiger partial charge in [0.25, 0.3) is 5.91 Å². The zero-order valence-corrected chi connectivity index (χ0v) is 19.7. The van der Waals surface area contributed by atoms with Crippen molar-refractivity contribution in [1.82, 2.24) is 15.5 Å². The molecule has 7 heteroatoms. The molecule has 1 aliphatic heterocycles. The Morgan fingerprint density at radius 1 is 0.970 bits per heavy atom. The molecule has 1 aliphatic carbocycles. The van der Waals surface area contributed by atoms with Gasteiger partial charge in [-0.3, -0.25) is 4.79 Å². The summed E-state index contributed by atoms with van der Waals surface area (Å²) in [6.07, 6.45) is 7.32. The summed E-state index contributed by atoms with van der Waals surface area (Å²) in [5, 5.41) is 6.22. The van der Waals surface area contributed by atoms with Crippen molar-refractivity contribution >= 4 is 11.9 Å². The van der Waals surface area contributed by atoms with E-state index >= 15 is 0 Å². The Kier molecular flexibility index (Phi) is 7.57. The number of carbonyl (C=O) groups is 2. The maximum atomic E-state index is 12.6. The fourth-order valence-electron chi connectivity index (χ4n) is 4.68. The van der Waals surface area contributed by atoms with Crippen LogP contribution >= 0.6 is 0 Å². The van der Waals surface area contributed by atoms with Crippen molar-refractivity contribution in [3.63, 3.8) is 0 Å². The number of benzene rings is 1. The topological polar surface area (TPSA) is 83.8 Å². The molecule has 1 saturated carbocycles. The molecule has 7 nitrogen and oxygen atoms in total. The third-order valence-corrected chi connectivity index (χ3v) is 6.64. The lowest BCUT2D eigenvalue weighted by atomic mass is 9.95. The Balaban J connectivity index is 1.21. The van der Waals surface area contributed by atoms with Crippen molar-refractivity contribution in [2.75, 3.05) is 13.1 Å². The predicted octanol–water partition coefficient (Wildman–Crippen LogP) is 4.71. The van der Waals surface area contributed by atoms with Gasteiger partial charge in [0.2, 0.25) is 0 Å². The summed E-state index contributed by atoms with van der Waals surface area (Å²) in [5.41, 5.74) is 2.26. The second-order valence-corrected chi connectivity index (χ2v) is 9.34. The van der Waals surface area contributed by atoms with Crippen LogP contribution < -0.4 is 15.4 Å². The number of furan rings is 1. The molecule has 1 aromatic heterocycles. The fourth-order valence-corrected chi connectivity index (χ4v) is 4.68. The van der Waals surface area contributed by atoms with Gasteiger partial charge in [-0.05, 0) is 63.3 Å². The number of urea groups is 1. The van der Waals surface area contributed by atoms with Gasteiger partial charge in [0.05, 0.1) is 0 Å². The highest BCUT2D eigenvalue weighted by molar-refractivity contribution is 5.91. The molecule has 2 aromatic rings. The molecule has 178 valence electrons. The number of carbonyl (C=O) groups excluding carboxylic acids is 2. The SMILES string of the molecule is Cc1ccc(OCc2ccc(C(=O)NC3CCN(C(=O)NC4CCCCC4)CC3)o2)c(C)c1. The molecule has 3 amide bonds. The molecule has 0 bridgehead atoms. The average molecular weight is 454 g/mol. The van der Waals surface area contributed by atoms with E-state index in [1.165, 1.54) is 24.8 Å². The van der Waals surface area contributed by atoms with Gasteiger partial charge < -0.3 is 24.7 Å². The van der Waals surface area contributed by atoms with Crippen molar-refractivity contribution in [3.05, 3.63) is 53.0 Å². The molecule has 2 N–H and O–H groups in total. The summed E-state index contributed by atoms with van der Waals surface area (Å²) in [5.74, 6) is 1.47. The molecule has 33 heavy (non-hydrogen) atoms. The highest BCUT2D eigenvalue weighted by Gasteiger charge is 2.26. The number of amides is 3. The molecule has 1 aromatic carbocycles. The number of aryl methyl sites for hydroxylation is 2. The minimum absolute atomic E-state index is 0.0335. The van der Waals surface area contributed by atoms with E-state index in [1.807, 2.05) is 30.9 Å². The first-order valence-electron chi connectivity index (χ1n) is 12.1. The van der Waals surface area contributed by atoms with Gasteiger partial charge in [0.15, 0.2) is 5.76 Å². The van der Waals surface area contributed by atoms with Crippen molar-refractivity contribution in [3.8, 4) is 5.75 Å². The molecule has 2 aliphatic rings. The van der Waals surface area contributed by atoms with E-state index in [0.717, 1.165) is 37.0 Å². The number of likely N-dealkylation sites (tertiary alicyclic amines) is 1. The molecule has 2 heterocycles. The van der Waals surface area contributed by atoms with Crippen LogP contribution in [-0.4, -0.2) is 42.0 Å². The zero-order valence-electron chi connectivity index (χ0n) is 19.7. The van der Waals surface area contributed by atoms with Gasteiger partial charge in [-0.1, -0.05) is 37.0 Å². The lowest BCUT2D eigenvalue weighted by Gasteiger charge is -2.34. The number of hydrogen-bond acceptors (Lipinski definition) is 4. The fraction of sp³-hybridized carbons (Fsp3) is 0.538. The standard InChI is InChI=1S/C26H35N3O4/c1-18-8-10-23(19(2)16-18)32-17-22-9-11-24(33-22)25(30)27-21-12-14-29(15-13-21)26(31)28-20-6-4-3-5-7-20/h8-11,16,20-21H,3-7,12-15,17H2,1-2H3,(H,27,30)(H,28,31). The molecule has 0 unspecified atom stereocenters. The minimum atomic E-state index is -0.224. The van der Waals surface area contributed by atoms with Gasteiger partial charge in [-0.2, -0.15) is 0 Å². The number of rotatable bonds is 6. The first kappa shape index (κ1) is 23.2. The van der Waals surface area contributed by atoms with Crippen molar-refractivity contribution < 1.29 is 18.7 Å². The van der Waals surface area contributed by atoms with Crippen LogP contribution in [0.5, 0.6) is 5.75 Å². The lowest BCUT2D eigenvalue weighted by molar-refractivity contribution is 0.0885. The van der Waals surface area contributed by atoms with E-state index in [-0.39, 0.29) is 30.3 Å². The van der Waals surface area contributed by atoms with Gasteiger partial charge in [-0.25, -0.2) is 4.79 Å². The monoisotopic (exact) mass is 453 g/mol. The van der Waals surface area contributed by atoms with E-state index in [4.69, 9.17) is 9.15 Å². The van der Waals surface area contributed by atoms with Crippen molar-refractivity contribution in [1.29, 1.82) is 0 Å². The molecule has 0 spiro atoms. The second-order valence-electron chi connectivity index (χ2n) is 9.34. The van der Waals surface area contributed by atoms with Crippen molar-refractivity contribution in [2.45, 2.75) is 77.5 Å². The average Bonchev–Trinajstić information content (AvgIpc) is 3.29. The van der Waals surface area contributed by atoms with E-state index in [1.54, 1.807) is 12.1 Å². The van der Waals surface area contributed by atoms with E-state index < -0.39 is 0 Å². The Labute approximate surface area is 195 Å². The lowest BCUT2D eigenvalue weighted by Crippen LogP contribution is -2.51. The Morgan fingerprint density at radius 2 is 1.70 bits per heavy atom. The van der Waals surface area contributed by atoms with Crippen LogP contribution in [-0.2, 0) is 6.61 Å². The predicted molar refractivity (Wildman–Crippen MR) is 126 cm³/mol. The van der Waals surface area contributed by atoms with Gasteiger partial charge in [0.1, 0.15) is 18.1 Å². The second kappa shape index (κ2) is 10.8. The zero-order chi connectivity index (χ0) is 23.2. The number of nitrogens with one attached hydrogen (secondary N) is 2. The smallest absolute Gasteiger partial charge is 0.317 e. The van der Waals surface area contributed by atoms with E-state index in [9.17, 15) is 9.59 Å². The van der Waals surface area contributed by atoms with E-state index in [2.05, 4.69) is 16.7 Å². The van der Waals surface area contributed by atoms with Gasteiger partial charge in [0, 0.05) is 25.2 Å². The highest BCUT2D eigenvalue weighted by Crippen LogP contribution is 2.21. The third kappa shape index (κ3) is 6.30. The largest absolute Gasteiger partial charge is 0.485 e. The Morgan fingerprint density at radius 3 is 2.42 bits per heavy atom. The summed E-state index contributed by atoms with van der Waals surface area (Å²) in [6.45, 7) is 5.62. The van der Waals surface area contributed by atoms with Crippen molar-refractivity contribution in [2.24, 2.45) is 0 Å². The molecule has 2 fully saturated rings. The minimum Gasteiger partial charge on any atom is -0.485 e.